The van der Waals surface area contributed by atoms with Gasteiger partial charge in [-0.3, -0.25) is 9.59 Å². The number of aliphatic carboxylic acids is 2. The third-order valence-electron chi connectivity index (χ3n) is 5.13. The number of aromatic nitrogens is 4. The Labute approximate surface area is 179 Å². The largest absolute Gasteiger partial charge is 0.481 e. The lowest BCUT2D eigenvalue weighted by Crippen LogP contribution is -2.10. The molecule has 0 unspecified atom stereocenters. The number of hydrogen-bond acceptors (Lipinski definition) is 8. The molecule has 6 N–H and O–H groups in total. The SMILES string of the molecule is Nc1nc(NC2CC2)c2ncn([C@H]3C=C[C@@H](CO)C3)c2n1.O=C(O)CCCCC(=O)O. The Hall–Kier alpha value is -3.21. The minimum Gasteiger partial charge on any atom is -0.481 e. The van der Waals surface area contributed by atoms with Crippen molar-refractivity contribution in [3.63, 3.8) is 0 Å². The first-order valence-electron chi connectivity index (χ1n) is 10.4. The number of hydrogen-bond donors (Lipinski definition) is 5. The summed E-state index contributed by atoms with van der Waals surface area (Å²) in [6, 6.07) is 0.646. The number of nitrogens with one attached hydrogen (secondary N) is 1. The zero-order valence-electron chi connectivity index (χ0n) is 17.1. The summed E-state index contributed by atoms with van der Waals surface area (Å²) in [6.45, 7) is 0.172. The number of unbranched alkanes of at least 4 members (excludes halogenated alkanes) is 1. The number of allylic oxidation sites excluding steroid dienone is 1. The Morgan fingerprint density at radius 3 is 2.35 bits per heavy atom. The lowest BCUT2D eigenvalue weighted by Gasteiger charge is -2.13. The predicted molar refractivity (Wildman–Crippen MR) is 113 cm³/mol. The highest BCUT2D eigenvalue weighted by Crippen LogP contribution is 2.32. The lowest BCUT2D eigenvalue weighted by molar-refractivity contribution is -0.139. The molecule has 2 aliphatic rings. The number of fused-ring (bicyclic) bond motifs is 1. The van der Waals surface area contributed by atoms with E-state index in [0.29, 0.717) is 18.9 Å². The van der Waals surface area contributed by atoms with Gasteiger partial charge in [0.25, 0.3) is 0 Å². The van der Waals surface area contributed by atoms with Crippen LogP contribution in [-0.4, -0.2) is 59.4 Å². The van der Waals surface area contributed by atoms with Crippen molar-refractivity contribution >= 4 is 34.9 Å². The summed E-state index contributed by atoms with van der Waals surface area (Å²) in [5.41, 5.74) is 7.35. The van der Waals surface area contributed by atoms with Crippen molar-refractivity contribution in [2.45, 2.75) is 57.0 Å². The molecule has 1 fully saturated rings. The first-order chi connectivity index (χ1) is 14.9. The van der Waals surface area contributed by atoms with Crippen molar-refractivity contribution in [3.05, 3.63) is 18.5 Å². The Morgan fingerprint density at radius 2 is 1.81 bits per heavy atom. The summed E-state index contributed by atoms with van der Waals surface area (Å²) in [7, 11) is 0. The van der Waals surface area contributed by atoms with E-state index in [-0.39, 0.29) is 37.4 Å². The highest BCUT2D eigenvalue weighted by molar-refractivity contribution is 5.84. The standard InChI is InChI=1S/C14H18N6O.C6H10O4/c15-14-18-12(17-9-2-3-9)11-13(19-14)20(7-16-11)10-4-1-8(5-10)6-21;7-5(8)3-1-2-4-6(9)10/h1,4,7-10,21H,2-3,5-6H2,(H3,15,17,18,19);1-4H2,(H,7,8)(H,9,10)/t8-,10+;/m1./s1. The molecule has 0 amide bonds. The highest BCUT2D eigenvalue weighted by Gasteiger charge is 2.26. The maximum atomic E-state index is 9.90. The normalized spacial score (nSPS) is 19.8. The van der Waals surface area contributed by atoms with Gasteiger partial charge in [-0.15, -0.1) is 0 Å². The van der Waals surface area contributed by atoms with Crippen LogP contribution >= 0.6 is 0 Å². The number of carboxylic acids is 2. The van der Waals surface area contributed by atoms with Crippen molar-refractivity contribution in [3.8, 4) is 0 Å². The minimum atomic E-state index is -0.870. The van der Waals surface area contributed by atoms with E-state index >= 15 is 0 Å². The predicted octanol–water partition coefficient (Wildman–Crippen LogP) is 1.81. The fraction of sp³-hybridized carbons (Fsp3) is 0.550. The topological polar surface area (TPSA) is 176 Å². The number of rotatable bonds is 9. The van der Waals surface area contributed by atoms with Crippen molar-refractivity contribution < 1.29 is 24.9 Å². The van der Waals surface area contributed by atoms with Gasteiger partial charge in [0.05, 0.1) is 12.4 Å². The fourth-order valence-electron chi connectivity index (χ4n) is 3.34. The van der Waals surface area contributed by atoms with Gasteiger partial charge in [-0.25, -0.2) is 4.98 Å². The molecule has 0 radical (unpaired) electrons. The van der Waals surface area contributed by atoms with Crippen molar-refractivity contribution in [1.82, 2.24) is 19.5 Å². The second-order valence-corrected chi connectivity index (χ2v) is 7.80. The Kier molecular flexibility index (Phi) is 7.40. The van der Waals surface area contributed by atoms with Crippen molar-refractivity contribution in [2.24, 2.45) is 5.92 Å². The van der Waals surface area contributed by atoms with Crippen molar-refractivity contribution in [2.75, 3.05) is 17.7 Å². The quantitative estimate of drug-likeness (QED) is 0.290. The second-order valence-electron chi connectivity index (χ2n) is 7.80. The van der Waals surface area contributed by atoms with E-state index in [1.54, 1.807) is 6.33 Å². The van der Waals surface area contributed by atoms with E-state index < -0.39 is 11.9 Å². The van der Waals surface area contributed by atoms with Crippen LogP contribution in [0.4, 0.5) is 11.8 Å². The van der Waals surface area contributed by atoms with Gasteiger partial charge in [0.1, 0.15) is 0 Å². The molecule has 4 rings (SSSR count). The Bertz CT molecular complexity index is 939. The summed E-state index contributed by atoms with van der Waals surface area (Å²) in [6.07, 6.45) is 10.1. The monoisotopic (exact) mass is 432 g/mol. The zero-order chi connectivity index (χ0) is 22.4. The molecule has 0 spiro atoms. The van der Waals surface area contributed by atoms with Gasteiger partial charge in [0, 0.05) is 31.4 Å². The number of nitrogen functional groups attached to an aromatic ring is 1. The molecule has 1 saturated carbocycles. The van der Waals surface area contributed by atoms with Gasteiger partial charge in [0.15, 0.2) is 17.0 Å². The number of nitrogens with two attached hydrogens (primary N) is 1. The smallest absolute Gasteiger partial charge is 0.303 e. The third kappa shape index (κ3) is 6.38. The van der Waals surface area contributed by atoms with Crippen LogP contribution in [0.3, 0.4) is 0 Å². The zero-order valence-corrected chi connectivity index (χ0v) is 17.1. The molecular formula is C20H28N6O5. The maximum absolute atomic E-state index is 9.90. The number of carboxylic acid groups (broad SMARTS) is 2. The van der Waals surface area contributed by atoms with Crippen LogP contribution in [0.2, 0.25) is 0 Å². The molecule has 2 aromatic rings. The number of aliphatic hydroxyl groups is 1. The molecule has 0 saturated heterocycles. The number of imidazole rings is 1. The van der Waals surface area contributed by atoms with Gasteiger partial charge >= 0.3 is 11.9 Å². The van der Waals surface area contributed by atoms with Gasteiger partial charge in [-0.2, -0.15) is 9.97 Å². The lowest BCUT2D eigenvalue weighted by atomic mass is 10.1. The average molecular weight is 432 g/mol. The minimum absolute atomic E-state index is 0.0628. The van der Waals surface area contributed by atoms with Gasteiger partial charge < -0.3 is 30.9 Å². The van der Waals surface area contributed by atoms with E-state index in [9.17, 15) is 14.7 Å². The number of anilines is 2. The highest BCUT2D eigenvalue weighted by atomic mass is 16.4. The molecule has 2 atom stereocenters. The summed E-state index contributed by atoms with van der Waals surface area (Å²) in [5.74, 6) is -0.556. The molecule has 2 aliphatic carbocycles. The maximum Gasteiger partial charge on any atom is 0.303 e. The van der Waals surface area contributed by atoms with Crippen LogP contribution in [-0.2, 0) is 9.59 Å². The van der Waals surface area contributed by atoms with Crippen LogP contribution in [0.5, 0.6) is 0 Å². The number of aliphatic hydroxyl groups excluding tert-OH is 1. The molecule has 2 aromatic heterocycles. The molecule has 0 bridgehead atoms. The van der Waals surface area contributed by atoms with Gasteiger partial charge in [-0.05, 0) is 32.1 Å². The fourth-order valence-corrected chi connectivity index (χ4v) is 3.34. The summed E-state index contributed by atoms with van der Waals surface area (Å²) < 4.78 is 2.01. The molecule has 0 aliphatic heterocycles. The van der Waals surface area contributed by atoms with Crippen LogP contribution in [0.1, 0.15) is 51.0 Å². The first-order valence-corrected chi connectivity index (χ1v) is 10.4. The Balaban J connectivity index is 0.000000233. The molecule has 168 valence electrons. The van der Waals surface area contributed by atoms with E-state index in [4.69, 9.17) is 15.9 Å². The summed E-state index contributed by atoms with van der Waals surface area (Å²) in [5, 5.41) is 28.9. The molecule has 31 heavy (non-hydrogen) atoms. The summed E-state index contributed by atoms with van der Waals surface area (Å²) >= 11 is 0. The first kappa shape index (κ1) is 22.5. The molecule has 11 heteroatoms. The summed E-state index contributed by atoms with van der Waals surface area (Å²) in [4.78, 5) is 32.9. The Morgan fingerprint density at radius 1 is 1.13 bits per heavy atom. The molecule has 11 nitrogen and oxygen atoms in total. The second kappa shape index (κ2) is 10.2. The van der Waals surface area contributed by atoms with Crippen LogP contribution in [0, 0.1) is 5.92 Å². The number of nitrogens with zero attached hydrogens (tertiary/aromatic N) is 4. The van der Waals surface area contributed by atoms with Crippen molar-refractivity contribution in [1.29, 1.82) is 0 Å². The van der Waals surface area contributed by atoms with E-state index in [2.05, 4.69) is 26.3 Å². The number of carbonyl (C=O) groups is 2. The molecule has 2 heterocycles. The van der Waals surface area contributed by atoms with Crippen LogP contribution in [0.15, 0.2) is 18.5 Å². The van der Waals surface area contributed by atoms with E-state index in [1.807, 2.05) is 10.6 Å². The van der Waals surface area contributed by atoms with Gasteiger partial charge in [0.2, 0.25) is 5.95 Å². The average Bonchev–Trinajstić information content (AvgIpc) is 3.23. The van der Waals surface area contributed by atoms with Gasteiger partial charge in [-0.1, -0.05) is 12.2 Å². The third-order valence-corrected chi connectivity index (χ3v) is 5.13. The van der Waals surface area contributed by atoms with Crippen LogP contribution < -0.4 is 11.1 Å². The van der Waals surface area contributed by atoms with Crippen LogP contribution in [0.25, 0.3) is 11.2 Å². The van der Waals surface area contributed by atoms with E-state index in [0.717, 1.165) is 36.2 Å². The molecule has 0 aromatic carbocycles. The molecular weight excluding hydrogens is 404 g/mol. The van der Waals surface area contributed by atoms with E-state index in [1.165, 1.54) is 0 Å².